The van der Waals surface area contributed by atoms with Crippen molar-refractivity contribution in [3.8, 4) is 17.1 Å². The van der Waals surface area contributed by atoms with E-state index in [4.69, 9.17) is 9.26 Å². The molecule has 0 radical (unpaired) electrons. The van der Waals surface area contributed by atoms with Gasteiger partial charge in [0.1, 0.15) is 23.9 Å². The quantitative estimate of drug-likeness (QED) is 0.651. The number of halogens is 1. The minimum atomic E-state index is -0.391. The highest BCUT2D eigenvalue weighted by atomic mass is 19.1. The van der Waals surface area contributed by atoms with Crippen molar-refractivity contribution >= 4 is 5.70 Å². The van der Waals surface area contributed by atoms with Gasteiger partial charge in [0.25, 0.3) is 0 Å². The van der Waals surface area contributed by atoms with Gasteiger partial charge in [-0.05, 0) is 39.8 Å². The van der Waals surface area contributed by atoms with Crippen molar-refractivity contribution in [2.75, 3.05) is 0 Å². The van der Waals surface area contributed by atoms with Crippen LogP contribution in [-0.4, -0.2) is 21.2 Å². The molecule has 0 aliphatic heterocycles. The third-order valence-corrected chi connectivity index (χ3v) is 4.20. The molecule has 0 atom stereocenters. The predicted molar refractivity (Wildman–Crippen MR) is 105 cm³/mol. The topological polar surface area (TPSA) is 73.1 Å². The lowest BCUT2D eigenvalue weighted by atomic mass is 10.1. The van der Waals surface area contributed by atoms with Gasteiger partial charge in [-0.2, -0.15) is 0 Å². The minimum Gasteiger partial charge on any atom is -0.473 e. The molecule has 0 saturated heterocycles. The van der Waals surface area contributed by atoms with E-state index < -0.39 is 5.82 Å². The third-order valence-electron chi connectivity index (χ3n) is 4.20. The highest BCUT2D eigenvalue weighted by molar-refractivity contribution is 5.63. The fraction of sp³-hybridized carbons (Fsp3) is 0.286. The van der Waals surface area contributed by atoms with Gasteiger partial charge in [0.15, 0.2) is 0 Å². The Labute approximate surface area is 163 Å². The van der Waals surface area contributed by atoms with E-state index in [1.807, 2.05) is 19.9 Å². The van der Waals surface area contributed by atoms with Gasteiger partial charge in [-0.3, -0.25) is 4.98 Å². The van der Waals surface area contributed by atoms with Gasteiger partial charge in [0.2, 0.25) is 5.88 Å². The summed E-state index contributed by atoms with van der Waals surface area (Å²) in [7, 11) is 0. The van der Waals surface area contributed by atoms with Crippen LogP contribution in [0, 0.1) is 19.7 Å². The van der Waals surface area contributed by atoms with Crippen LogP contribution in [0.25, 0.3) is 17.0 Å². The number of aryl methyl sites for hydroxylation is 2. The van der Waals surface area contributed by atoms with E-state index in [2.05, 4.69) is 27.0 Å². The monoisotopic (exact) mass is 382 g/mol. The molecule has 0 aromatic carbocycles. The van der Waals surface area contributed by atoms with Crippen LogP contribution in [0.5, 0.6) is 5.88 Å². The van der Waals surface area contributed by atoms with Gasteiger partial charge in [-0.1, -0.05) is 11.7 Å². The fourth-order valence-electron chi connectivity index (χ4n) is 2.65. The number of nitrogens with zero attached hydrogens (tertiary/aromatic N) is 3. The third kappa shape index (κ3) is 4.36. The molecular formula is C21H23FN4O2. The summed E-state index contributed by atoms with van der Waals surface area (Å²) in [6.45, 7) is 11.7. The van der Waals surface area contributed by atoms with E-state index in [-0.39, 0.29) is 6.61 Å². The summed E-state index contributed by atoms with van der Waals surface area (Å²) in [6.07, 6.45) is 3.27. The summed E-state index contributed by atoms with van der Waals surface area (Å²) >= 11 is 0. The van der Waals surface area contributed by atoms with E-state index in [0.29, 0.717) is 34.6 Å². The van der Waals surface area contributed by atoms with Crippen molar-refractivity contribution in [3.05, 3.63) is 65.6 Å². The Morgan fingerprint density at radius 2 is 2.04 bits per heavy atom. The highest BCUT2D eigenvalue weighted by Gasteiger charge is 2.17. The van der Waals surface area contributed by atoms with Gasteiger partial charge in [0, 0.05) is 41.3 Å². The Morgan fingerprint density at radius 1 is 1.25 bits per heavy atom. The zero-order valence-corrected chi connectivity index (χ0v) is 16.4. The second-order valence-corrected chi connectivity index (χ2v) is 6.81. The van der Waals surface area contributed by atoms with Crippen LogP contribution in [0.3, 0.4) is 0 Å². The summed E-state index contributed by atoms with van der Waals surface area (Å²) in [5.41, 5.74) is 3.80. The molecule has 3 aromatic rings. The van der Waals surface area contributed by atoms with Crippen LogP contribution in [0.2, 0.25) is 0 Å². The van der Waals surface area contributed by atoms with E-state index in [1.54, 1.807) is 32.3 Å². The summed E-state index contributed by atoms with van der Waals surface area (Å²) in [6, 6.07) is 5.35. The van der Waals surface area contributed by atoms with Gasteiger partial charge in [0.05, 0.1) is 11.3 Å². The summed E-state index contributed by atoms with van der Waals surface area (Å²) in [4.78, 5) is 8.36. The molecule has 0 aliphatic carbocycles. The maximum atomic E-state index is 13.9. The van der Waals surface area contributed by atoms with Crippen LogP contribution in [0.4, 0.5) is 4.39 Å². The predicted octanol–water partition coefficient (Wildman–Crippen LogP) is 4.44. The molecule has 0 aliphatic rings. The van der Waals surface area contributed by atoms with Crippen LogP contribution >= 0.6 is 0 Å². The van der Waals surface area contributed by atoms with Crippen molar-refractivity contribution in [2.24, 2.45) is 0 Å². The van der Waals surface area contributed by atoms with Crippen LogP contribution in [0.15, 0.2) is 41.7 Å². The molecule has 3 heterocycles. The van der Waals surface area contributed by atoms with E-state index in [0.717, 1.165) is 16.8 Å². The van der Waals surface area contributed by atoms with Gasteiger partial charge in [-0.15, -0.1) is 0 Å². The van der Waals surface area contributed by atoms with Gasteiger partial charge in [-0.25, -0.2) is 9.37 Å². The summed E-state index contributed by atoms with van der Waals surface area (Å²) in [5, 5.41) is 7.27. The molecular weight excluding hydrogens is 359 g/mol. The standard InChI is InChI=1S/C21H23FN4O2/c1-12(2)25-13(3)16-6-7-20(24-9-16)27-11-18-15(5)28-26-21(18)17-8-19(22)14(4)23-10-17/h6-10,12,25H,3,11H2,1-2,4-5H3. The Bertz CT molecular complexity index is 981. The van der Waals surface area contributed by atoms with Gasteiger partial charge >= 0.3 is 0 Å². The second-order valence-electron chi connectivity index (χ2n) is 6.81. The number of rotatable bonds is 7. The van der Waals surface area contributed by atoms with E-state index in [9.17, 15) is 4.39 Å². The first-order valence-corrected chi connectivity index (χ1v) is 8.97. The first-order chi connectivity index (χ1) is 13.3. The van der Waals surface area contributed by atoms with Crippen molar-refractivity contribution in [1.82, 2.24) is 20.4 Å². The van der Waals surface area contributed by atoms with Gasteiger partial charge < -0.3 is 14.6 Å². The van der Waals surface area contributed by atoms with E-state index >= 15 is 0 Å². The first-order valence-electron chi connectivity index (χ1n) is 8.97. The Hall–Kier alpha value is -3.22. The molecule has 0 amide bonds. The number of nitrogens with one attached hydrogen (secondary N) is 1. The average Bonchev–Trinajstić information content (AvgIpc) is 3.02. The number of hydrogen-bond donors (Lipinski definition) is 1. The molecule has 28 heavy (non-hydrogen) atoms. The number of hydrogen-bond acceptors (Lipinski definition) is 6. The number of ether oxygens (including phenoxy) is 1. The Balaban J connectivity index is 1.74. The molecule has 3 rings (SSSR count). The summed E-state index contributed by atoms with van der Waals surface area (Å²) < 4.78 is 24.9. The normalized spacial score (nSPS) is 10.9. The zero-order valence-electron chi connectivity index (χ0n) is 16.4. The zero-order chi connectivity index (χ0) is 20.3. The minimum absolute atomic E-state index is 0.192. The van der Waals surface area contributed by atoms with Crippen molar-refractivity contribution in [1.29, 1.82) is 0 Å². The lowest BCUT2D eigenvalue weighted by molar-refractivity contribution is 0.290. The molecule has 146 valence electrons. The fourth-order valence-corrected chi connectivity index (χ4v) is 2.65. The molecule has 1 N–H and O–H groups in total. The maximum Gasteiger partial charge on any atom is 0.213 e. The molecule has 3 aromatic heterocycles. The van der Waals surface area contributed by atoms with Crippen molar-refractivity contribution in [2.45, 2.75) is 40.3 Å². The largest absolute Gasteiger partial charge is 0.473 e. The SMILES string of the molecule is C=C(NC(C)C)c1ccc(OCc2c(-c3cnc(C)c(F)c3)noc2C)nc1. The lowest BCUT2D eigenvalue weighted by Crippen LogP contribution is -2.20. The molecule has 6 nitrogen and oxygen atoms in total. The second kappa shape index (κ2) is 8.21. The molecule has 0 fully saturated rings. The molecule has 0 saturated carbocycles. The first kappa shape index (κ1) is 19.5. The Morgan fingerprint density at radius 3 is 2.68 bits per heavy atom. The summed E-state index contributed by atoms with van der Waals surface area (Å²) in [5.74, 6) is 0.667. The molecule has 7 heteroatoms. The van der Waals surface area contributed by atoms with Crippen molar-refractivity contribution in [3.63, 3.8) is 0 Å². The van der Waals surface area contributed by atoms with Crippen LogP contribution < -0.4 is 10.1 Å². The van der Waals surface area contributed by atoms with Crippen LogP contribution in [-0.2, 0) is 6.61 Å². The average molecular weight is 382 g/mol. The van der Waals surface area contributed by atoms with Crippen LogP contribution in [0.1, 0.15) is 36.4 Å². The Kier molecular flexibility index (Phi) is 5.73. The molecule has 0 bridgehead atoms. The highest BCUT2D eigenvalue weighted by Crippen LogP contribution is 2.27. The number of aromatic nitrogens is 3. The lowest BCUT2D eigenvalue weighted by Gasteiger charge is -2.13. The van der Waals surface area contributed by atoms with E-state index in [1.165, 1.54) is 6.07 Å². The number of pyridine rings is 2. The van der Waals surface area contributed by atoms with Crippen molar-refractivity contribution < 1.29 is 13.7 Å². The maximum absolute atomic E-state index is 13.9. The smallest absolute Gasteiger partial charge is 0.213 e. The molecule has 0 unspecified atom stereocenters. The molecule has 0 spiro atoms.